The topological polar surface area (TPSA) is 50.8 Å². The Labute approximate surface area is 160 Å². The van der Waals surface area contributed by atoms with Gasteiger partial charge in [-0.2, -0.15) is 0 Å². The predicted molar refractivity (Wildman–Crippen MR) is 107 cm³/mol. The molecule has 0 unspecified atom stereocenters. The summed E-state index contributed by atoms with van der Waals surface area (Å²) in [5.41, 5.74) is 2.49. The van der Waals surface area contributed by atoms with Gasteiger partial charge >= 0.3 is 0 Å². The number of amides is 1. The zero-order valence-electron chi connectivity index (χ0n) is 16.1. The number of anilines is 1. The van der Waals surface area contributed by atoms with Crippen LogP contribution in [0.15, 0.2) is 55.1 Å². The number of methoxy groups -OCH3 is 1. The Bertz CT molecular complexity index is 834. The van der Waals surface area contributed by atoms with E-state index in [-0.39, 0.29) is 18.1 Å². The first-order valence-electron chi connectivity index (χ1n) is 9.20. The zero-order valence-corrected chi connectivity index (χ0v) is 16.1. The first-order chi connectivity index (χ1) is 13.1. The van der Waals surface area contributed by atoms with Crippen LogP contribution >= 0.6 is 0 Å². The minimum Gasteiger partial charge on any atom is -0.493 e. The van der Waals surface area contributed by atoms with Gasteiger partial charge in [-0.25, -0.2) is 0 Å². The number of benzene rings is 2. The molecule has 0 aliphatic carbocycles. The van der Waals surface area contributed by atoms with Crippen molar-refractivity contribution in [1.29, 1.82) is 0 Å². The molecular weight excluding hydrogens is 340 g/mol. The Hall–Kier alpha value is -2.95. The molecule has 0 radical (unpaired) electrons. The minimum atomic E-state index is -0.273. The standard InChI is InChI=1S/C22H26N2O3/c1-5-13-27-19-12-11-16(14-20(19)26-4)21-23-18-10-8-7-9-17(18)22(25)24(21)15(3)6-2/h5,7-12,14-15,21,23H,1,6,13H2,2-4H3/t15-,21+/m0/s1. The van der Waals surface area contributed by atoms with Crippen LogP contribution in [-0.2, 0) is 0 Å². The van der Waals surface area contributed by atoms with Gasteiger partial charge in [0.15, 0.2) is 11.5 Å². The van der Waals surface area contributed by atoms with E-state index in [9.17, 15) is 4.79 Å². The Balaban J connectivity index is 2.02. The van der Waals surface area contributed by atoms with Crippen LogP contribution < -0.4 is 14.8 Å². The van der Waals surface area contributed by atoms with Gasteiger partial charge in [-0.1, -0.05) is 37.8 Å². The van der Waals surface area contributed by atoms with Crippen molar-refractivity contribution in [2.75, 3.05) is 19.0 Å². The first kappa shape index (κ1) is 18.8. The Morgan fingerprint density at radius 3 is 2.74 bits per heavy atom. The van der Waals surface area contributed by atoms with E-state index in [0.29, 0.717) is 23.7 Å². The van der Waals surface area contributed by atoms with E-state index < -0.39 is 0 Å². The Kier molecular flexibility index (Phi) is 5.69. The number of fused-ring (bicyclic) bond motifs is 1. The van der Waals surface area contributed by atoms with Crippen molar-refractivity contribution in [3.8, 4) is 11.5 Å². The van der Waals surface area contributed by atoms with E-state index in [1.54, 1.807) is 13.2 Å². The predicted octanol–water partition coefficient (Wildman–Crippen LogP) is 4.63. The first-order valence-corrected chi connectivity index (χ1v) is 9.20. The Morgan fingerprint density at radius 1 is 1.26 bits per heavy atom. The van der Waals surface area contributed by atoms with Gasteiger partial charge < -0.3 is 19.7 Å². The van der Waals surface area contributed by atoms with Gasteiger partial charge in [0.2, 0.25) is 0 Å². The molecular formula is C22H26N2O3. The molecule has 1 aliphatic rings. The number of nitrogens with one attached hydrogen (secondary N) is 1. The van der Waals surface area contributed by atoms with Crippen LogP contribution in [0.1, 0.15) is 42.4 Å². The van der Waals surface area contributed by atoms with Crippen molar-refractivity contribution in [2.45, 2.75) is 32.5 Å². The summed E-state index contributed by atoms with van der Waals surface area (Å²) < 4.78 is 11.2. The highest BCUT2D eigenvalue weighted by atomic mass is 16.5. The highest BCUT2D eigenvalue weighted by Gasteiger charge is 2.35. The summed E-state index contributed by atoms with van der Waals surface area (Å²) >= 11 is 0. The highest BCUT2D eigenvalue weighted by Crippen LogP contribution is 2.38. The van der Waals surface area contributed by atoms with Gasteiger partial charge in [0, 0.05) is 11.7 Å². The molecule has 1 heterocycles. The van der Waals surface area contributed by atoms with E-state index in [0.717, 1.165) is 17.7 Å². The maximum absolute atomic E-state index is 13.2. The zero-order chi connectivity index (χ0) is 19.4. The quantitative estimate of drug-likeness (QED) is 0.726. The fourth-order valence-electron chi connectivity index (χ4n) is 3.29. The molecule has 0 saturated heterocycles. The monoisotopic (exact) mass is 366 g/mol. The molecule has 1 amide bonds. The molecule has 0 saturated carbocycles. The molecule has 5 nitrogen and oxygen atoms in total. The fourth-order valence-corrected chi connectivity index (χ4v) is 3.29. The van der Waals surface area contributed by atoms with Crippen molar-refractivity contribution in [2.24, 2.45) is 0 Å². The molecule has 2 aromatic rings. The van der Waals surface area contributed by atoms with Gasteiger partial charge in [0.1, 0.15) is 12.8 Å². The van der Waals surface area contributed by atoms with Gasteiger partial charge in [0.25, 0.3) is 5.91 Å². The molecule has 0 bridgehead atoms. The molecule has 0 aromatic heterocycles. The average molecular weight is 366 g/mol. The van der Waals surface area contributed by atoms with Gasteiger partial charge in [0.05, 0.1) is 12.7 Å². The molecule has 142 valence electrons. The number of rotatable bonds is 7. The lowest BCUT2D eigenvalue weighted by atomic mass is 10.0. The van der Waals surface area contributed by atoms with Gasteiger partial charge in [-0.15, -0.1) is 0 Å². The largest absolute Gasteiger partial charge is 0.493 e. The molecule has 5 heteroatoms. The number of hydrogen-bond acceptors (Lipinski definition) is 4. The van der Waals surface area contributed by atoms with Crippen molar-refractivity contribution < 1.29 is 14.3 Å². The second-order valence-corrected chi connectivity index (χ2v) is 6.57. The molecule has 27 heavy (non-hydrogen) atoms. The van der Waals surface area contributed by atoms with E-state index >= 15 is 0 Å². The second-order valence-electron chi connectivity index (χ2n) is 6.57. The number of para-hydroxylation sites is 1. The smallest absolute Gasteiger partial charge is 0.258 e. The van der Waals surface area contributed by atoms with Crippen LogP contribution in [0.5, 0.6) is 11.5 Å². The van der Waals surface area contributed by atoms with Crippen molar-refractivity contribution >= 4 is 11.6 Å². The molecule has 1 aliphatic heterocycles. The molecule has 0 spiro atoms. The maximum Gasteiger partial charge on any atom is 0.258 e. The summed E-state index contributed by atoms with van der Waals surface area (Å²) in [6, 6.07) is 13.5. The van der Waals surface area contributed by atoms with Crippen LogP contribution in [0.25, 0.3) is 0 Å². The van der Waals surface area contributed by atoms with E-state index in [1.807, 2.05) is 47.4 Å². The summed E-state index contributed by atoms with van der Waals surface area (Å²) in [4.78, 5) is 15.1. The van der Waals surface area contributed by atoms with Crippen LogP contribution in [0.2, 0.25) is 0 Å². The SMILES string of the molecule is C=CCOc1ccc([C@@H]2Nc3ccccc3C(=O)N2[C@@H](C)CC)cc1OC. The normalized spacial score (nSPS) is 16.9. The highest BCUT2D eigenvalue weighted by molar-refractivity contribution is 6.01. The lowest BCUT2D eigenvalue weighted by Gasteiger charge is -2.41. The number of carbonyl (C=O) groups excluding carboxylic acids is 1. The number of carbonyl (C=O) groups is 1. The lowest BCUT2D eigenvalue weighted by molar-refractivity contribution is 0.0593. The van der Waals surface area contributed by atoms with Crippen molar-refractivity contribution in [3.63, 3.8) is 0 Å². The van der Waals surface area contributed by atoms with E-state index in [4.69, 9.17) is 9.47 Å². The summed E-state index contributed by atoms with van der Waals surface area (Å²) in [5.74, 6) is 1.32. The van der Waals surface area contributed by atoms with Gasteiger partial charge in [-0.3, -0.25) is 4.79 Å². The van der Waals surface area contributed by atoms with Crippen molar-refractivity contribution in [3.05, 3.63) is 66.2 Å². The summed E-state index contributed by atoms with van der Waals surface area (Å²) in [6.07, 6.45) is 2.28. The third-order valence-electron chi connectivity index (χ3n) is 4.89. The van der Waals surface area contributed by atoms with E-state index in [1.165, 1.54) is 0 Å². The molecule has 0 fully saturated rings. The molecule has 2 aromatic carbocycles. The van der Waals surface area contributed by atoms with E-state index in [2.05, 4.69) is 25.7 Å². The number of nitrogens with zero attached hydrogens (tertiary/aromatic N) is 1. The summed E-state index contributed by atoms with van der Waals surface area (Å²) in [5, 5.41) is 3.52. The molecule has 1 N–H and O–H groups in total. The van der Waals surface area contributed by atoms with Crippen LogP contribution in [-0.4, -0.2) is 30.6 Å². The average Bonchev–Trinajstić information content (AvgIpc) is 2.71. The maximum atomic E-state index is 13.2. The molecule has 3 rings (SSSR count). The third-order valence-corrected chi connectivity index (χ3v) is 4.89. The van der Waals surface area contributed by atoms with Crippen LogP contribution in [0.4, 0.5) is 5.69 Å². The molecule has 2 atom stereocenters. The van der Waals surface area contributed by atoms with Crippen molar-refractivity contribution in [1.82, 2.24) is 4.90 Å². The van der Waals surface area contributed by atoms with Crippen LogP contribution in [0.3, 0.4) is 0 Å². The summed E-state index contributed by atoms with van der Waals surface area (Å²) in [6.45, 7) is 8.23. The summed E-state index contributed by atoms with van der Waals surface area (Å²) in [7, 11) is 1.61. The minimum absolute atomic E-state index is 0.0367. The number of hydrogen-bond donors (Lipinski definition) is 1. The Morgan fingerprint density at radius 2 is 2.04 bits per heavy atom. The fraction of sp³-hybridized carbons (Fsp3) is 0.318. The van der Waals surface area contributed by atoms with Crippen LogP contribution in [0, 0.1) is 0 Å². The van der Waals surface area contributed by atoms with Gasteiger partial charge in [-0.05, 0) is 43.2 Å². The third kappa shape index (κ3) is 3.63. The lowest BCUT2D eigenvalue weighted by Crippen LogP contribution is -2.47. The number of ether oxygens (including phenoxy) is 2. The second kappa shape index (κ2) is 8.16.